The normalized spacial score (nSPS) is 28.9. The summed E-state index contributed by atoms with van der Waals surface area (Å²) in [6, 6.07) is 0. The molecule has 2 fully saturated rings. The first-order chi connectivity index (χ1) is 9.58. The van der Waals surface area contributed by atoms with Crippen LogP contribution in [0.4, 0.5) is 0 Å². The summed E-state index contributed by atoms with van der Waals surface area (Å²) in [7, 11) is 0. The predicted molar refractivity (Wildman–Crippen MR) is 77.3 cm³/mol. The summed E-state index contributed by atoms with van der Waals surface area (Å²) in [6.07, 6.45) is 8.79. The molecule has 1 aliphatic carbocycles. The van der Waals surface area contributed by atoms with E-state index in [1.807, 2.05) is 11.8 Å². The van der Waals surface area contributed by atoms with Crippen LogP contribution in [-0.4, -0.2) is 35.0 Å². The standard InChI is InChI=1S/C16H27NO3/c1-12-11-17(9-8-14(12)16(19)20)15(18)10-13-6-4-2-3-5-7-13/h12-14H,2-11H2,1H3,(H,19,20). The highest BCUT2D eigenvalue weighted by molar-refractivity contribution is 5.77. The third kappa shape index (κ3) is 3.97. The van der Waals surface area contributed by atoms with Gasteiger partial charge in [0.2, 0.25) is 5.91 Å². The van der Waals surface area contributed by atoms with Gasteiger partial charge in [-0.2, -0.15) is 0 Å². The third-order valence-electron chi connectivity index (χ3n) is 5.01. The molecule has 1 heterocycles. The molecule has 1 saturated carbocycles. The highest BCUT2D eigenvalue weighted by atomic mass is 16.4. The van der Waals surface area contributed by atoms with Crippen molar-refractivity contribution in [3.8, 4) is 0 Å². The molecule has 0 aromatic rings. The predicted octanol–water partition coefficient (Wildman–Crippen LogP) is 2.92. The number of carbonyl (C=O) groups excluding carboxylic acids is 1. The van der Waals surface area contributed by atoms with Gasteiger partial charge in [-0.05, 0) is 31.1 Å². The van der Waals surface area contributed by atoms with Gasteiger partial charge in [-0.15, -0.1) is 0 Å². The Morgan fingerprint density at radius 2 is 1.75 bits per heavy atom. The van der Waals surface area contributed by atoms with Crippen molar-refractivity contribution in [2.24, 2.45) is 17.8 Å². The molecule has 1 aliphatic heterocycles. The van der Waals surface area contributed by atoms with E-state index in [2.05, 4.69) is 0 Å². The smallest absolute Gasteiger partial charge is 0.306 e. The van der Waals surface area contributed by atoms with Crippen molar-refractivity contribution < 1.29 is 14.7 Å². The molecule has 20 heavy (non-hydrogen) atoms. The molecule has 0 radical (unpaired) electrons. The van der Waals surface area contributed by atoms with Gasteiger partial charge < -0.3 is 10.0 Å². The number of piperidine rings is 1. The van der Waals surface area contributed by atoms with E-state index < -0.39 is 5.97 Å². The Morgan fingerprint density at radius 3 is 2.30 bits per heavy atom. The Bertz CT molecular complexity index is 348. The van der Waals surface area contributed by atoms with Crippen LogP contribution in [0, 0.1) is 17.8 Å². The minimum atomic E-state index is -0.714. The van der Waals surface area contributed by atoms with Gasteiger partial charge in [-0.1, -0.05) is 32.6 Å². The van der Waals surface area contributed by atoms with Crippen LogP contribution in [0.2, 0.25) is 0 Å². The fourth-order valence-corrected chi connectivity index (χ4v) is 3.68. The van der Waals surface area contributed by atoms with Crippen LogP contribution >= 0.6 is 0 Å². The van der Waals surface area contributed by atoms with Crippen LogP contribution < -0.4 is 0 Å². The second kappa shape index (κ2) is 7.09. The SMILES string of the molecule is CC1CN(C(=O)CC2CCCCCC2)CCC1C(=O)O. The molecule has 1 amide bonds. The van der Waals surface area contributed by atoms with Crippen LogP contribution in [0.3, 0.4) is 0 Å². The van der Waals surface area contributed by atoms with Gasteiger partial charge >= 0.3 is 5.97 Å². The number of hydrogen-bond acceptors (Lipinski definition) is 2. The number of carboxylic acids is 1. The fourth-order valence-electron chi connectivity index (χ4n) is 3.68. The minimum absolute atomic E-state index is 0.0688. The number of rotatable bonds is 3. The van der Waals surface area contributed by atoms with Crippen molar-refractivity contribution in [2.75, 3.05) is 13.1 Å². The molecule has 4 heteroatoms. The van der Waals surface area contributed by atoms with Gasteiger partial charge in [0.1, 0.15) is 0 Å². The quantitative estimate of drug-likeness (QED) is 0.809. The van der Waals surface area contributed by atoms with Crippen LogP contribution in [0.1, 0.15) is 58.3 Å². The number of hydrogen-bond donors (Lipinski definition) is 1. The molecule has 2 atom stereocenters. The molecule has 1 saturated heterocycles. The average Bonchev–Trinajstić information content (AvgIpc) is 2.66. The molecule has 2 aliphatic rings. The minimum Gasteiger partial charge on any atom is -0.481 e. The van der Waals surface area contributed by atoms with Gasteiger partial charge in [-0.3, -0.25) is 9.59 Å². The van der Waals surface area contributed by atoms with Gasteiger partial charge in [0, 0.05) is 19.5 Å². The van der Waals surface area contributed by atoms with Crippen molar-refractivity contribution in [3.63, 3.8) is 0 Å². The van der Waals surface area contributed by atoms with E-state index in [-0.39, 0.29) is 17.7 Å². The van der Waals surface area contributed by atoms with E-state index >= 15 is 0 Å². The zero-order valence-corrected chi connectivity index (χ0v) is 12.5. The molecule has 4 nitrogen and oxygen atoms in total. The summed E-state index contributed by atoms with van der Waals surface area (Å²) >= 11 is 0. The molecule has 0 bridgehead atoms. The first-order valence-electron chi connectivity index (χ1n) is 8.08. The third-order valence-corrected chi connectivity index (χ3v) is 5.01. The Balaban J connectivity index is 1.82. The number of nitrogens with zero attached hydrogens (tertiary/aromatic N) is 1. The summed E-state index contributed by atoms with van der Waals surface area (Å²) in [5, 5.41) is 9.12. The lowest BCUT2D eigenvalue weighted by molar-refractivity contribution is -0.148. The maximum absolute atomic E-state index is 12.4. The second-order valence-corrected chi connectivity index (χ2v) is 6.61. The zero-order valence-electron chi connectivity index (χ0n) is 12.5. The first-order valence-corrected chi connectivity index (χ1v) is 8.08. The maximum atomic E-state index is 12.4. The van der Waals surface area contributed by atoms with Gasteiger partial charge in [0.25, 0.3) is 0 Å². The van der Waals surface area contributed by atoms with E-state index in [4.69, 9.17) is 5.11 Å². The zero-order chi connectivity index (χ0) is 14.5. The largest absolute Gasteiger partial charge is 0.481 e. The molecular weight excluding hydrogens is 254 g/mol. The monoisotopic (exact) mass is 281 g/mol. The van der Waals surface area contributed by atoms with Gasteiger partial charge in [0.15, 0.2) is 0 Å². The molecule has 2 rings (SSSR count). The van der Waals surface area contributed by atoms with Crippen LogP contribution in [0.5, 0.6) is 0 Å². The molecule has 2 unspecified atom stereocenters. The van der Waals surface area contributed by atoms with Crippen molar-refractivity contribution in [1.29, 1.82) is 0 Å². The summed E-state index contributed by atoms with van der Waals surface area (Å²) in [6.45, 7) is 3.18. The first kappa shape index (κ1) is 15.3. The number of amides is 1. The summed E-state index contributed by atoms with van der Waals surface area (Å²) in [5.41, 5.74) is 0. The lowest BCUT2D eigenvalue weighted by Crippen LogP contribution is -2.45. The number of likely N-dealkylation sites (tertiary alicyclic amines) is 1. The molecule has 0 aromatic heterocycles. The van der Waals surface area contributed by atoms with Crippen LogP contribution in [0.25, 0.3) is 0 Å². The number of carboxylic acid groups (broad SMARTS) is 1. The van der Waals surface area contributed by atoms with E-state index in [1.165, 1.54) is 38.5 Å². The summed E-state index contributed by atoms with van der Waals surface area (Å²) in [5.74, 6) is -0.130. The fraction of sp³-hybridized carbons (Fsp3) is 0.875. The highest BCUT2D eigenvalue weighted by Gasteiger charge is 2.33. The van der Waals surface area contributed by atoms with Crippen molar-refractivity contribution in [3.05, 3.63) is 0 Å². The molecule has 114 valence electrons. The summed E-state index contributed by atoms with van der Waals surface area (Å²) in [4.78, 5) is 25.4. The lowest BCUT2D eigenvalue weighted by atomic mass is 9.86. The second-order valence-electron chi connectivity index (χ2n) is 6.61. The van der Waals surface area contributed by atoms with Crippen molar-refractivity contribution >= 4 is 11.9 Å². The highest BCUT2D eigenvalue weighted by Crippen LogP contribution is 2.28. The Hall–Kier alpha value is -1.06. The summed E-state index contributed by atoms with van der Waals surface area (Å²) < 4.78 is 0. The molecule has 0 spiro atoms. The topological polar surface area (TPSA) is 57.6 Å². The van der Waals surface area contributed by atoms with Crippen LogP contribution in [0.15, 0.2) is 0 Å². The number of aliphatic carboxylic acids is 1. The van der Waals surface area contributed by atoms with Crippen molar-refractivity contribution in [1.82, 2.24) is 4.90 Å². The van der Waals surface area contributed by atoms with Crippen molar-refractivity contribution in [2.45, 2.75) is 58.3 Å². The van der Waals surface area contributed by atoms with Gasteiger partial charge in [0.05, 0.1) is 5.92 Å². The molecule has 1 N–H and O–H groups in total. The van der Waals surface area contributed by atoms with E-state index in [0.717, 1.165) is 0 Å². The molecular formula is C16H27NO3. The van der Waals surface area contributed by atoms with E-state index in [1.54, 1.807) is 0 Å². The lowest BCUT2D eigenvalue weighted by Gasteiger charge is -2.35. The average molecular weight is 281 g/mol. The Morgan fingerprint density at radius 1 is 1.10 bits per heavy atom. The maximum Gasteiger partial charge on any atom is 0.306 e. The van der Waals surface area contributed by atoms with Crippen LogP contribution in [-0.2, 0) is 9.59 Å². The van der Waals surface area contributed by atoms with Gasteiger partial charge in [-0.25, -0.2) is 0 Å². The van der Waals surface area contributed by atoms with E-state index in [9.17, 15) is 9.59 Å². The Kier molecular flexibility index (Phi) is 5.44. The molecule has 0 aromatic carbocycles. The Labute approximate surface area is 121 Å². The number of carbonyl (C=O) groups is 2. The van der Waals surface area contributed by atoms with E-state index in [0.29, 0.717) is 31.8 Å².